The predicted octanol–water partition coefficient (Wildman–Crippen LogP) is 4.96. The van der Waals surface area contributed by atoms with Crippen LogP contribution in [0.5, 0.6) is 11.5 Å². The fourth-order valence-corrected chi connectivity index (χ4v) is 4.25. The molecule has 1 aliphatic carbocycles. The van der Waals surface area contributed by atoms with Crippen LogP contribution in [0.2, 0.25) is 0 Å². The van der Waals surface area contributed by atoms with Gasteiger partial charge in [-0.25, -0.2) is 0 Å². The van der Waals surface area contributed by atoms with Crippen LogP contribution in [-0.4, -0.2) is 30.2 Å². The Labute approximate surface area is 195 Å². The van der Waals surface area contributed by atoms with Gasteiger partial charge in [0.25, 0.3) is 0 Å². The molecule has 2 aromatic carbocycles. The van der Waals surface area contributed by atoms with Gasteiger partial charge in [0.05, 0.1) is 18.9 Å². The maximum absolute atomic E-state index is 13.4. The topological polar surface area (TPSA) is 78.9 Å². The summed E-state index contributed by atoms with van der Waals surface area (Å²) < 4.78 is 17.2. The maximum Gasteiger partial charge on any atom is 0.306 e. The Hall–Kier alpha value is -3.15. The monoisotopic (exact) mass is 452 g/mol. The molecule has 0 N–H and O–H groups in total. The Bertz CT molecular complexity index is 1010. The largest absolute Gasteiger partial charge is 0.493 e. The molecule has 176 valence electrons. The third-order valence-corrected chi connectivity index (χ3v) is 5.84. The van der Waals surface area contributed by atoms with E-state index in [1.807, 2.05) is 63.2 Å². The van der Waals surface area contributed by atoms with Crippen molar-refractivity contribution in [1.82, 2.24) is 0 Å². The number of esters is 1. The average Bonchev–Trinajstić information content (AvgIpc) is 2.77. The first-order valence-electron chi connectivity index (χ1n) is 11.3. The van der Waals surface area contributed by atoms with Gasteiger partial charge in [0, 0.05) is 18.4 Å². The van der Waals surface area contributed by atoms with Gasteiger partial charge < -0.3 is 14.2 Å². The summed E-state index contributed by atoms with van der Waals surface area (Å²) >= 11 is 0. The molecule has 0 amide bonds. The number of para-hydroxylation sites is 1. The first kappa shape index (κ1) is 24.5. The number of hydrogen-bond acceptors (Lipinski definition) is 6. The van der Waals surface area contributed by atoms with Gasteiger partial charge in [-0.15, -0.1) is 0 Å². The molecular weight excluding hydrogens is 420 g/mol. The normalized spacial score (nSPS) is 18.7. The van der Waals surface area contributed by atoms with Crippen molar-refractivity contribution in [3.63, 3.8) is 0 Å². The summed E-state index contributed by atoms with van der Waals surface area (Å²) in [5.74, 6) is 0.324. The second-order valence-corrected chi connectivity index (χ2v) is 9.42. The van der Waals surface area contributed by atoms with Gasteiger partial charge in [-0.2, -0.15) is 0 Å². The van der Waals surface area contributed by atoms with Crippen molar-refractivity contribution in [3.8, 4) is 11.5 Å². The molecule has 1 unspecified atom stereocenters. The maximum atomic E-state index is 13.4. The zero-order valence-corrected chi connectivity index (χ0v) is 19.8. The van der Waals surface area contributed by atoms with E-state index < -0.39 is 11.0 Å². The zero-order valence-electron chi connectivity index (χ0n) is 19.8. The number of ether oxygens (including phenoxy) is 3. The molecule has 0 saturated heterocycles. The number of carbonyl (C=O) groups excluding carboxylic acids is 3. The molecule has 0 aromatic heterocycles. The number of ketones is 2. The van der Waals surface area contributed by atoms with Crippen LogP contribution >= 0.6 is 0 Å². The summed E-state index contributed by atoms with van der Waals surface area (Å²) in [5, 5.41) is 0. The van der Waals surface area contributed by atoms with E-state index >= 15 is 0 Å². The minimum Gasteiger partial charge on any atom is -0.493 e. The van der Waals surface area contributed by atoms with Gasteiger partial charge in [0.2, 0.25) is 0 Å². The van der Waals surface area contributed by atoms with Crippen molar-refractivity contribution in [1.29, 1.82) is 0 Å². The second kappa shape index (κ2) is 10.2. The van der Waals surface area contributed by atoms with E-state index in [-0.39, 0.29) is 43.2 Å². The average molecular weight is 453 g/mol. The minimum atomic E-state index is -1.02. The summed E-state index contributed by atoms with van der Waals surface area (Å²) in [7, 11) is 1.55. The molecule has 33 heavy (non-hydrogen) atoms. The Kier molecular flexibility index (Phi) is 7.57. The minimum absolute atomic E-state index is 0.0620. The Morgan fingerprint density at radius 3 is 2.39 bits per heavy atom. The van der Waals surface area contributed by atoms with Crippen LogP contribution in [0.4, 0.5) is 0 Å². The molecule has 6 heteroatoms. The Morgan fingerprint density at radius 2 is 1.76 bits per heavy atom. The molecule has 3 rings (SSSR count). The molecule has 0 radical (unpaired) electrons. The van der Waals surface area contributed by atoms with Crippen LogP contribution < -0.4 is 9.47 Å². The predicted molar refractivity (Wildman–Crippen MR) is 124 cm³/mol. The number of rotatable bonds is 8. The summed E-state index contributed by atoms with van der Waals surface area (Å²) in [6.45, 7) is 5.72. The van der Waals surface area contributed by atoms with Gasteiger partial charge in [-0.05, 0) is 45.2 Å². The van der Waals surface area contributed by atoms with E-state index in [1.54, 1.807) is 13.2 Å². The molecule has 0 bridgehead atoms. The molecular formula is C27H32O6. The lowest BCUT2D eigenvalue weighted by Crippen LogP contribution is -2.42. The zero-order chi connectivity index (χ0) is 24.1. The van der Waals surface area contributed by atoms with Crippen molar-refractivity contribution >= 4 is 17.5 Å². The Balaban J connectivity index is 1.98. The SMILES string of the molecule is COc1cccc(C2(CCC(=O)OC(C)(C)C)CCC(=O)CC2=O)c1OCc1ccccc1. The van der Waals surface area contributed by atoms with Crippen LogP contribution in [0.15, 0.2) is 48.5 Å². The van der Waals surface area contributed by atoms with Crippen LogP contribution in [0.25, 0.3) is 0 Å². The smallest absolute Gasteiger partial charge is 0.306 e. The lowest BCUT2D eigenvalue weighted by atomic mass is 9.65. The van der Waals surface area contributed by atoms with Gasteiger partial charge in [0.1, 0.15) is 18.0 Å². The highest BCUT2D eigenvalue weighted by molar-refractivity contribution is 6.07. The van der Waals surface area contributed by atoms with Crippen molar-refractivity contribution in [3.05, 3.63) is 59.7 Å². The van der Waals surface area contributed by atoms with Crippen LogP contribution in [-0.2, 0) is 31.1 Å². The first-order chi connectivity index (χ1) is 15.6. The van der Waals surface area contributed by atoms with Gasteiger partial charge in [0.15, 0.2) is 17.3 Å². The lowest BCUT2D eigenvalue weighted by molar-refractivity contribution is -0.155. The van der Waals surface area contributed by atoms with Crippen LogP contribution in [0.1, 0.15) is 64.0 Å². The fraction of sp³-hybridized carbons (Fsp3) is 0.444. The van der Waals surface area contributed by atoms with E-state index in [4.69, 9.17) is 14.2 Å². The van der Waals surface area contributed by atoms with E-state index in [1.165, 1.54) is 0 Å². The number of Topliss-reactive ketones (excluding diaryl/α,β-unsaturated/α-hetero) is 2. The first-order valence-corrected chi connectivity index (χ1v) is 11.3. The van der Waals surface area contributed by atoms with Crippen molar-refractivity contribution in [2.75, 3.05) is 7.11 Å². The molecule has 0 spiro atoms. The van der Waals surface area contributed by atoms with E-state index in [0.29, 0.717) is 30.1 Å². The quantitative estimate of drug-likeness (QED) is 0.416. The molecule has 6 nitrogen and oxygen atoms in total. The van der Waals surface area contributed by atoms with Crippen molar-refractivity contribution in [2.45, 2.75) is 70.5 Å². The van der Waals surface area contributed by atoms with Gasteiger partial charge >= 0.3 is 5.97 Å². The number of methoxy groups -OCH3 is 1. The number of hydrogen-bond donors (Lipinski definition) is 0. The molecule has 0 heterocycles. The fourth-order valence-electron chi connectivity index (χ4n) is 4.25. The van der Waals surface area contributed by atoms with Crippen molar-refractivity contribution in [2.24, 2.45) is 0 Å². The van der Waals surface area contributed by atoms with Crippen LogP contribution in [0.3, 0.4) is 0 Å². The second-order valence-electron chi connectivity index (χ2n) is 9.42. The molecule has 0 aliphatic heterocycles. The van der Waals surface area contributed by atoms with Gasteiger partial charge in [-0.1, -0.05) is 42.5 Å². The third-order valence-electron chi connectivity index (χ3n) is 5.84. The standard InChI is InChI=1S/C27H32O6/c1-26(2,3)33-24(30)14-16-27(15-13-20(28)17-23(27)29)21-11-8-12-22(31-4)25(21)32-18-19-9-6-5-7-10-19/h5-12H,13-18H2,1-4H3. The molecule has 1 aliphatic rings. The number of carbonyl (C=O) groups is 3. The highest BCUT2D eigenvalue weighted by Gasteiger charge is 2.46. The lowest BCUT2D eigenvalue weighted by Gasteiger charge is -2.37. The number of benzene rings is 2. The van der Waals surface area contributed by atoms with Crippen LogP contribution in [0, 0.1) is 0 Å². The molecule has 1 fully saturated rings. The van der Waals surface area contributed by atoms with E-state index in [9.17, 15) is 14.4 Å². The summed E-state index contributed by atoms with van der Waals surface area (Å²) in [6.07, 6.45) is 0.747. The van der Waals surface area contributed by atoms with Gasteiger partial charge in [-0.3, -0.25) is 14.4 Å². The van der Waals surface area contributed by atoms with Crippen molar-refractivity contribution < 1.29 is 28.6 Å². The third kappa shape index (κ3) is 6.01. The van der Waals surface area contributed by atoms with E-state index in [0.717, 1.165) is 5.56 Å². The van der Waals surface area contributed by atoms with E-state index in [2.05, 4.69) is 0 Å². The molecule has 2 aromatic rings. The Morgan fingerprint density at radius 1 is 1.03 bits per heavy atom. The summed E-state index contributed by atoms with van der Waals surface area (Å²) in [4.78, 5) is 38.0. The highest BCUT2D eigenvalue weighted by atomic mass is 16.6. The molecule has 1 saturated carbocycles. The summed E-state index contributed by atoms with van der Waals surface area (Å²) in [5.41, 5.74) is -0.0108. The highest BCUT2D eigenvalue weighted by Crippen LogP contribution is 2.47. The summed E-state index contributed by atoms with van der Waals surface area (Å²) in [6, 6.07) is 15.1. The molecule has 1 atom stereocenters.